The fraction of sp³-hybridized carbons (Fsp3) is 1.00. The van der Waals surface area contributed by atoms with Gasteiger partial charge >= 0.3 is 0 Å². The summed E-state index contributed by atoms with van der Waals surface area (Å²) in [4.78, 5) is 0. The van der Waals surface area contributed by atoms with Gasteiger partial charge in [-0.1, -0.05) is 20.8 Å². The smallest absolute Gasteiger partial charge is 0.175 e. The van der Waals surface area contributed by atoms with Crippen LogP contribution < -0.4 is 0 Å². The fourth-order valence-corrected chi connectivity index (χ4v) is 3.91. The maximum atomic E-state index is 13.0. The molecule has 0 aliphatic carbocycles. The van der Waals surface area contributed by atoms with E-state index in [2.05, 4.69) is 20.8 Å². The first kappa shape index (κ1) is 17.2. The summed E-state index contributed by atoms with van der Waals surface area (Å²) in [5.74, 6) is -0.659. The minimum absolute atomic E-state index is 0.00832. The van der Waals surface area contributed by atoms with Gasteiger partial charge in [-0.2, -0.15) is 0 Å². The number of ether oxygens (including phenoxy) is 3. The van der Waals surface area contributed by atoms with Crippen LogP contribution in [0.5, 0.6) is 0 Å². The largest absolute Gasteiger partial charge is 0.382 e. The molecule has 0 aromatic rings. The minimum Gasteiger partial charge on any atom is -0.382 e. The van der Waals surface area contributed by atoms with Crippen molar-refractivity contribution in [2.75, 3.05) is 20.3 Å². The van der Waals surface area contributed by atoms with Crippen molar-refractivity contribution in [3.63, 3.8) is 0 Å². The Kier molecular flexibility index (Phi) is 4.72. The van der Waals surface area contributed by atoms with Gasteiger partial charge in [0.15, 0.2) is 5.79 Å². The molecule has 2 heterocycles. The van der Waals surface area contributed by atoms with Crippen LogP contribution in [0, 0.1) is 5.92 Å². The SMILES string of the molecule is CCC1(C)CC2(OCC(COC)O2)C(C)C(C)(CC)N1[O]. The van der Waals surface area contributed by atoms with E-state index >= 15 is 0 Å². The van der Waals surface area contributed by atoms with Crippen molar-refractivity contribution < 1.29 is 19.4 Å². The maximum absolute atomic E-state index is 13.0. The highest BCUT2D eigenvalue weighted by Gasteiger charge is 2.63. The summed E-state index contributed by atoms with van der Waals surface area (Å²) in [6, 6.07) is 0. The number of hydroxylamine groups is 2. The highest BCUT2D eigenvalue weighted by atomic mass is 16.8. The van der Waals surface area contributed by atoms with Crippen LogP contribution in [-0.4, -0.2) is 48.4 Å². The third kappa shape index (κ3) is 2.53. The zero-order valence-corrected chi connectivity index (χ0v) is 14.3. The lowest BCUT2D eigenvalue weighted by Gasteiger charge is -2.59. The molecule has 0 bridgehead atoms. The second-order valence-electron chi connectivity index (χ2n) is 7.07. The third-order valence-corrected chi connectivity index (χ3v) is 5.88. The molecule has 2 aliphatic rings. The third-order valence-electron chi connectivity index (χ3n) is 5.88. The second kappa shape index (κ2) is 5.78. The van der Waals surface area contributed by atoms with E-state index < -0.39 is 16.9 Å². The van der Waals surface area contributed by atoms with E-state index in [1.54, 1.807) is 7.11 Å². The van der Waals surface area contributed by atoms with E-state index in [-0.39, 0.29) is 12.0 Å². The molecule has 1 radical (unpaired) electrons. The molecule has 5 heteroatoms. The van der Waals surface area contributed by atoms with Crippen molar-refractivity contribution in [3.05, 3.63) is 0 Å². The lowest BCUT2D eigenvalue weighted by atomic mass is 9.67. The van der Waals surface area contributed by atoms with Crippen molar-refractivity contribution in [1.29, 1.82) is 0 Å². The molecule has 0 amide bonds. The number of hydrogen-bond donors (Lipinski definition) is 0. The molecule has 2 fully saturated rings. The highest BCUT2D eigenvalue weighted by molar-refractivity contribution is 5.08. The normalized spacial score (nSPS) is 48.1. The van der Waals surface area contributed by atoms with E-state index in [4.69, 9.17) is 14.2 Å². The second-order valence-corrected chi connectivity index (χ2v) is 7.07. The molecule has 1 spiro atoms. The van der Waals surface area contributed by atoms with Gasteiger partial charge in [-0.25, -0.2) is 0 Å². The topological polar surface area (TPSA) is 50.8 Å². The van der Waals surface area contributed by atoms with Crippen LogP contribution in [0.3, 0.4) is 0 Å². The number of methoxy groups -OCH3 is 1. The van der Waals surface area contributed by atoms with Crippen molar-refractivity contribution in [1.82, 2.24) is 5.06 Å². The molecule has 5 nitrogen and oxygen atoms in total. The fourth-order valence-electron chi connectivity index (χ4n) is 3.91. The van der Waals surface area contributed by atoms with Gasteiger partial charge in [-0.15, -0.1) is 10.3 Å². The summed E-state index contributed by atoms with van der Waals surface area (Å²) in [6.45, 7) is 11.3. The summed E-state index contributed by atoms with van der Waals surface area (Å²) in [6.07, 6.45) is 2.12. The van der Waals surface area contributed by atoms with Gasteiger partial charge in [-0.3, -0.25) is 0 Å². The van der Waals surface area contributed by atoms with Crippen LogP contribution in [-0.2, 0) is 19.4 Å². The van der Waals surface area contributed by atoms with E-state index in [0.717, 1.165) is 12.8 Å². The Balaban J connectivity index is 2.34. The molecular formula is C16H30NO4. The van der Waals surface area contributed by atoms with E-state index in [1.807, 2.05) is 13.8 Å². The Bertz CT molecular complexity index is 379. The molecule has 5 atom stereocenters. The van der Waals surface area contributed by atoms with Crippen molar-refractivity contribution in [2.24, 2.45) is 5.92 Å². The quantitative estimate of drug-likeness (QED) is 0.801. The molecule has 0 saturated carbocycles. The molecular weight excluding hydrogens is 270 g/mol. The number of hydrogen-bond acceptors (Lipinski definition) is 4. The molecule has 123 valence electrons. The van der Waals surface area contributed by atoms with Gasteiger partial charge in [0, 0.05) is 19.4 Å². The van der Waals surface area contributed by atoms with Gasteiger partial charge < -0.3 is 14.2 Å². The van der Waals surface area contributed by atoms with Crippen LogP contribution in [0.1, 0.15) is 53.9 Å². The lowest BCUT2D eigenvalue weighted by molar-refractivity contribution is -0.374. The van der Waals surface area contributed by atoms with Crippen molar-refractivity contribution in [3.8, 4) is 0 Å². The molecule has 0 aromatic heterocycles. The standard InChI is InChI=1S/C16H30NO4/c1-7-14(4)11-16(20-10-13(21-16)9-19-6)12(3)15(5,8-2)17(14)18/h12-13H,7-11H2,1-6H3. The summed E-state index contributed by atoms with van der Waals surface area (Å²) in [7, 11) is 1.67. The van der Waals surface area contributed by atoms with Crippen LogP contribution >= 0.6 is 0 Å². The average molecular weight is 300 g/mol. The number of piperidine rings is 1. The molecule has 21 heavy (non-hydrogen) atoms. The van der Waals surface area contributed by atoms with Gasteiger partial charge in [0.2, 0.25) is 0 Å². The number of rotatable bonds is 4. The van der Waals surface area contributed by atoms with Crippen LogP contribution in [0.4, 0.5) is 0 Å². The van der Waals surface area contributed by atoms with Crippen LogP contribution in [0.2, 0.25) is 0 Å². The van der Waals surface area contributed by atoms with E-state index in [1.165, 1.54) is 5.06 Å². The van der Waals surface area contributed by atoms with Gasteiger partial charge in [-0.05, 0) is 26.7 Å². The summed E-state index contributed by atoms with van der Waals surface area (Å²) in [5, 5.41) is 14.3. The van der Waals surface area contributed by atoms with Gasteiger partial charge in [0.1, 0.15) is 6.10 Å². The molecule has 0 N–H and O–H groups in total. The Morgan fingerprint density at radius 2 is 1.95 bits per heavy atom. The van der Waals surface area contributed by atoms with Gasteiger partial charge in [0.05, 0.1) is 24.3 Å². The number of nitrogens with zero attached hydrogens (tertiary/aromatic N) is 1. The zero-order valence-electron chi connectivity index (χ0n) is 14.3. The molecule has 2 aliphatic heterocycles. The monoisotopic (exact) mass is 300 g/mol. The predicted octanol–water partition coefficient (Wildman–Crippen LogP) is 2.77. The van der Waals surface area contributed by atoms with Crippen LogP contribution in [0.15, 0.2) is 0 Å². The highest BCUT2D eigenvalue weighted by Crippen LogP contribution is 2.53. The maximum Gasteiger partial charge on any atom is 0.175 e. The Labute approximate surface area is 128 Å². The van der Waals surface area contributed by atoms with E-state index in [0.29, 0.717) is 19.6 Å². The Hall–Kier alpha value is -0.200. The molecule has 5 unspecified atom stereocenters. The molecule has 0 aromatic carbocycles. The van der Waals surface area contributed by atoms with Gasteiger partial charge in [0.25, 0.3) is 0 Å². The first-order valence-electron chi connectivity index (χ1n) is 8.06. The molecule has 2 rings (SSSR count). The summed E-state index contributed by atoms with van der Waals surface area (Å²) < 4.78 is 17.6. The average Bonchev–Trinajstić information content (AvgIpc) is 2.87. The predicted molar refractivity (Wildman–Crippen MR) is 79.1 cm³/mol. The first-order chi connectivity index (χ1) is 9.78. The minimum atomic E-state index is -0.667. The summed E-state index contributed by atoms with van der Waals surface area (Å²) >= 11 is 0. The summed E-state index contributed by atoms with van der Waals surface area (Å²) in [5.41, 5.74) is -0.940. The Morgan fingerprint density at radius 3 is 2.48 bits per heavy atom. The Morgan fingerprint density at radius 1 is 1.29 bits per heavy atom. The van der Waals surface area contributed by atoms with Crippen molar-refractivity contribution >= 4 is 0 Å². The molecule has 2 saturated heterocycles. The first-order valence-corrected chi connectivity index (χ1v) is 8.06. The van der Waals surface area contributed by atoms with Crippen LogP contribution in [0.25, 0.3) is 0 Å². The lowest BCUT2D eigenvalue weighted by Crippen LogP contribution is -2.70. The van der Waals surface area contributed by atoms with E-state index in [9.17, 15) is 5.21 Å². The van der Waals surface area contributed by atoms with Crippen molar-refractivity contribution in [2.45, 2.75) is 76.9 Å². The zero-order chi connectivity index (χ0) is 15.9.